The van der Waals surface area contributed by atoms with Gasteiger partial charge in [0.1, 0.15) is 11.6 Å². The summed E-state index contributed by atoms with van der Waals surface area (Å²) in [4.78, 5) is 0. The van der Waals surface area contributed by atoms with Crippen LogP contribution in [0.3, 0.4) is 0 Å². The second kappa shape index (κ2) is 5.78. The first kappa shape index (κ1) is 12.8. The monoisotopic (exact) mass is 250 g/mol. The molecular weight excluding hydrogens is 234 g/mol. The molecule has 0 fully saturated rings. The molecule has 0 spiro atoms. The molecule has 18 heavy (non-hydrogen) atoms. The number of benzene rings is 1. The van der Waals surface area contributed by atoms with Gasteiger partial charge in [-0.05, 0) is 37.3 Å². The Bertz CT molecular complexity index is 520. The summed E-state index contributed by atoms with van der Waals surface area (Å²) in [7, 11) is 0. The maximum Gasteiger partial charge on any atom is 0.127 e. The minimum atomic E-state index is -0.412. The van der Waals surface area contributed by atoms with Crippen LogP contribution in [0.15, 0.2) is 36.5 Å². The smallest absolute Gasteiger partial charge is 0.127 e. The number of aryl methyl sites for hydroxylation is 1. The van der Waals surface area contributed by atoms with Crippen LogP contribution in [-0.4, -0.2) is 4.57 Å². The Morgan fingerprint density at radius 3 is 2.78 bits per heavy atom. The molecule has 2 nitrogen and oxygen atoms in total. The summed E-state index contributed by atoms with van der Waals surface area (Å²) in [6.07, 6.45) is 2.00. The van der Waals surface area contributed by atoms with Crippen LogP contribution >= 0.6 is 0 Å². The summed E-state index contributed by atoms with van der Waals surface area (Å²) in [6, 6.07) is 7.49. The third-order valence-electron chi connectivity index (χ3n) is 2.89. The molecule has 0 unspecified atom stereocenters. The number of rotatable bonds is 5. The fourth-order valence-electron chi connectivity index (χ4n) is 1.92. The van der Waals surface area contributed by atoms with Gasteiger partial charge in [-0.1, -0.05) is 0 Å². The molecular formula is C14H16F2N2. The zero-order valence-electron chi connectivity index (χ0n) is 10.3. The van der Waals surface area contributed by atoms with Gasteiger partial charge < -0.3 is 9.88 Å². The van der Waals surface area contributed by atoms with Crippen molar-refractivity contribution in [3.8, 4) is 0 Å². The lowest BCUT2D eigenvalue weighted by atomic mass is 10.2. The number of aromatic nitrogens is 1. The zero-order chi connectivity index (χ0) is 13.0. The summed E-state index contributed by atoms with van der Waals surface area (Å²) in [5, 5.41) is 3.12. The van der Waals surface area contributed by atoms with Gasteiger partial charge in [0, 0.05) is 37.1 Å². The van der Waals surface area contributed by atoms with Crippen LogP contribution in [-0.2, 0) is 19.6 Å². The number of halogens is 2. The van der Waals surface area contributed by atoms with Crippen LogP contribution in [0.4, 0.5) is 8.78 Å². The molecule has 1 heterocycles. The Morgan fingerprint density at radius 2 is 2.00 bits per heavy atom. The first-order valence-electron chi connectivity index (χ1n) is 5.99. The lowest BCUT2D eigenvalue weighted by molar-refractivity contribution is 0.562. The molecule has 0 aliphatic rings. The third kappa shape index (κ3) is 2.96. The third-order valence-corrected chi connectivity index (χ3v) is 2.89. The normalized spacial score (nSPS) is 10.8. The fourth-order valence-corrected chi connectivity index (χ4v) is 1.92. The minimum absolute atomic E-state index is 0.318. The molecule has 2 aromatic rings. The van der Waals surface area contributed by atoms with Crippen LogP contribution in [0, 0.1) is 11.6 Å². The SMILES string of the molecule is CCn1cccc1CNCc1cc(F)ccc1F. The van der Waals surface area contributed by atoms with Crippen molar-refractivity contribution in [2.45, 2.75) is 26.6 Å². The second-order valence-electron chi connectivity index (χ2n) is 4.12. The Labute approximate surface area is 105 Å². The van der Waals surface area contributed by atoms with E-state index in [-0.39, 0.29) is 5.82 Å². The highest BCUT2D eigenvalue weighted by molar-refractivity contribution is 5.18. The Balaban J connectivity index is 1.94. The summed E-state index contributed by atoms with van der Waals surface area (Å²) in [5.41, 5.74) is 1.49. The standard InChI is InChI=1S/C14H16F2N2/c1-2-18-7-3-4-13(18)10-17-9-11-8-12(15)5-6-14(11)16/h3-8,17H,2,9-10H2,1H3. The van der Waals surface area contributed by atoms with E-state index in [0.29, 0.717) is 18.7 Å². The number of hydrogen-bond acceptors (Lipinski definition) is 1. The van der Waals surface area contributed by atoms with Crippen LogP contribution in [0.5, 0.6) is 0 Å². The molecule has 0 aliphatic carbocycles. The average Bonchev–Trinajstić information content (AvgIpc) is 2.81. The maximum atomic E-state index is 13.4. The predicted molar refractivity (Wildman–Crippen MR) is 67.0 cm³/mol. The predicted octanol–water partition coefficient (Wildman–Crippen LogP) is 3.08. The largest absolute Gasteiger partial charge is 0.351 e. The van der Waals surface area contributed by atoms with Crippen molar-refractivity contribution in [2.24, 2.45) is 0 Å². The van der Waals surface area contributed by atoms with Gasteiger partial charge in [-0.25, -0.2) is 8.78 Å². The van der Waals surface area contributed by atoms with Crippen LogP contribution in [0.2, 0.25) is 0 Å². The summed E-state index contributed by atoms with van der Waals surface area (Å²) < 4.78 is 28.4. The Hall–Kier alpha value is -1.68. The van der Waals surface area contributed by atoms with E-state index in [0.717, 1.165) is 24.4 Å². The van der Waals surface area contributed by atoms with Crippen LogP contribution in [0.25, 0.3) is 0 Å². The molecule has 1 aromatic heterocycles. The topological polar surface area (TPSA) is 17.0 Å². The molecule has 0 atom stereocenters. The lowest BCUT2D eigenvalue weighted by Gasteiger charge is -2.08. The highest BCUT2D eigenvalue weighted by Gasteiger charge is 2.04. The highest BCUT2D eigenvalue weighted by Crippen LogP contribution is 2.10. The van der Waals surface area contributed by atoms with Gasteiger partial charge in [0.15, 0.2) is 0 Å². The van der Waals surface area contributed by atoms with Gasteiger partial charge in [0.2, 0.25) is 0 Å². The summed E-state index contributed by atoms with van der Waals surface area (Å²) in [6.45, 7) is 3.92. The van der Waals surface area contributed by atoms with E-state index >= 15 is 0 Å². The van der Waals surface area contributed by atoms with Gasteiger partial charge in [-0.2, -0.15) is 0 Å². The van der Waals surface area contributed by atoms with Gasteiger partial charge in [0.25, 0.3) is 0 Å². The quantitative estimate of drug-likeness (QED) is 0.863. The van der Waals surface area contributed by atoms with E-state index in [1.807, 2.05) is 18.3 Å². The van der Waals surface area contributed by atoms with Gasteiger partial charge in [0.05, 0.1) is 0 Å². The first-order chi connectivity index (χ1) is 8.70. The molecule has 0 amide bonds. The van der Waals surface area contributed by atoms with E-state index in [4.69, 9.17) is 0 Å². The molecule has 0 saturated heterocycles. The van der Waals surface area contributed by atoms with Crippen LogP contribution < -0.4 is 5.32 Å². The van der Waals surface area contributed by atoms with Crippen molar-refractivity contribution >= 4 is 0 Å². The van der Waals surface area contributed by atoms with Gasteiger partial charge in [-0.3, -0.25) is 0 Å². The van der Waals surface area contributed by atoms with E-state index < -0.39 is 5.82 Å². The van der Waals surface area contributed by atoms with Crippen molar-refractivity contribution in [2.75, 3.05) is 0 Å². The number of nitrogens with zero attached hydrogens (tertiary/aromatic N) is 1. The molecule has 0 saturated carbocycles. The molecule has 0 radical (unpaired) electrons. The van der Waals surface area contributed by atoms with E-state index in [1.165, 1.54) is 6.07 Å². The molecule has 96 valence electrons. The second-order valence-corrected chi connectivity index (χ2v) is 4.12. The Kier molecular flexibility index (Phi) is 4.10. The molecule has 0 bridgehead atoms. The van der Waals surface area contributed by atoms with E-state index in [2.05, 4.69) is 16.8 Å². The number of nitrogens with one attached hydrogen (secondary N) is 1. The minimum Gasteiger partial charge on any atom is -0.351 e. The van der Waals surface area contributed by atoms with Gasteiger partial charge >= 0.3 is 0 Å². The van der Waals surface area contributed by atoms with Crippen molar-refractivity contribution in [3.63, 3.8) is 0 Å². The van der Waals surface area contributed by atoms with Gasteiger partial charge in [-0.15, -0.1) is 0 Å². The Morgan fingerprint density at radius 1 is 1.17 bits per heavy atom. The molecule has 1 aromatic carbocycles. The van der Waals surface area contributed by atoms with E-state index in [9.17, 15) is 8.78 Å². The number of hydrogen-bond donors (Lipinski definition) is 1. The van der Waals surface area contributed by atoms with Crippen molar-refractivity contribution in [1.82, 2.24) is 9.88 Å². The van der Waals surface area contributed by atoms with Crippen molar-refractivity contribution < 1.29 is 8.78 Å². The summed E-state index contributed by atoms with van der Waals surface area (Å²) in [5.74, 6) is -0.792. The molecule has 2 rings (SSSR count). The first-order valence-corrected chi connectivity index (χ1v) is 5.99. The molecule has 4 heteroatoms. The lowest BCUT2D eigenvalue weighted by Crippen LogP contribution is -2.16. The zero-order valence-corrected chi connectivity index (χ0v) is 10.3. The van der Waals surface area contributed by atoms with Crippen LogP contribution in [0.1, 0.15) is 18.2 Å². The molecule has 1 N–H and O–H groups in total. The summed E-state index contributed by atoms with van der Waals surface area (Å²) >= 11 is 0. The van der Waals surface area contributed by atoms with Crippen molar-refractivity contribution in [1.29, 1.82) is 0 Å². The fraction of sp³-hybridized carbons (Fsp3) is 0.286. The maximum absolute atomic E-state index is 13.4. The molecule has 0 aliphatic heterocycles. The van der Waals surface area contributed by atoms with Crippen molar-refractivity contribution in [3.05, 3.63) is 59.4 Å². The van der Waals surface area contributed by atoms with E-state index in [1.54, 1.807) is 0 Å². The average molecular weight is 250 g/mol. The highest BCUT2D eigenvalue weighted by atomic mass is 19.1.